The molecule has 0 spiro atoms. The molecule has 23 heavy (non-hydrogen) atoms. The molecule has 1 aliphatic carbocycles. The minimum atomic E-state index is -0.901. The number of carboxylic acids is 1. The first-order chi connectivity index (χ1) is 10.9. The van der Waals surface area contributed by atoms with E-state index in [-0.39, 0.29) is 43.0 Å². The standard InChI is InChI=1S/C17H28N2O4/c1-12(2)10-18(8-7-16(21)22)17(23)13-9-15(20)19(11-13)14-5-3-4-6-14/h12-14H,3-11H2,1-2H3,(H,21,22). The van der Waals surface area contributed by atoms with E-state index in [1.807, 2.05) is 18.7 Å². The van der Waals surface area contributed by atoms with Crippen molar-refractivity contribution in [2.45, 2.75) is 58.4 Å². The molecule has 6 heteroatoms. The van der Waals surface area contributed by atoms with Crippen LogP contribution in [-0.2, 0) is 14.4 Å². The van der Waals surface area contributed by atoms with Crippen LogP contribution >= 0.6 is 0 Å². The lowest BCUT2D eigenvalue weighted by Crippen LogP contribution is -2.41. The number of amides is 2. The molecule has 1 atom stereocenters. The number of rotatable bonds is 7. The van der Waals surface area contributed by atoms with Crippen molar-refractivity contribution in [3.05, 3.63) is 0 Å². The second-order valence-corrected chi connectivity index (χ2v) is 7.21. The van der Waals surface area contributed by atoms with Gasteiger partial charge in [-0.25, -0.2) is 0 Å². The Morgan fingerprint density at radius 1 is 1.30 bits per heavy atom. The number of hydrogen-bond acceptors (Lipinski definition) is 3. The van der Waals surface area contributed by atoms with Gasteiger partial charge in [-0.15, -0.1) is 0 Å². The van der Waals surface area contributed by atoms with Crippen LogP contribution in [0.5, 0.6) is 0 Å². The van der Waals surface area contributed by atoms with Crippen LogP contribution in [-0.4, -0.2) is 58.4 Å². The molecule has 0 bridgehead atoms. The third kappa shape index (κ3) is 4.69. The molecule has 2 aliphatic rings. The van der Waals surface area contributed by atoms with E-state index in [4.69, 9.17) is 5.11 Å². The van der Waals surface area contributed by atoms with Crippen LogP contribution in [0.2, 0.25) is 0 Å². The van der Waals surface area contributed by atoms with Crippen LogP contribution in [0.15, 0.2) is 0 Å². The number of aliphatic carboxylic acids is 1. The Hall–Kier alpha value is -1.59. The molecular formula is C17H28N2O4. The summed E-state index contributed by atoms with van der Waals surface area (Å²) in [5.41, 5.74) is 0. The first-order valence-corrected chi connectivity index (χ1v) is 8.68. The van der Waals surface area contributed by atoms with E-state index in [0.29, 0.717) is 19.1 Å². The van der Waals surface area contributed by atoms with Gasteiger partial charge in [-0.1, -0.05) is 26.7 Å². The molecule has 1 N–H and O–H groups in total. The Kier molecular flexibility index (Phi) is 6.02. The van der Waals surface area contributed by atoms with Crippen molar-refractivity contribution in [3.63, 3.8) is 0 Å². The summed E-state index contributed by atoms with van der Waals surface area (Å²) in [7, 11) is 0. The molecule has 1 heterocycles. The summed E-state index contributed by atoms with van der Waals surface area (Å²) in [5, 5.41) is 8.87. The van der Waals surface area contributed by atoms with Crippen molar-refractivity contribution in [2.75, 3.05) is 19.6 Å². The Labute approximate surface area is 137 Å². The summed E-state index contributed by atoms with van der Waals surface area (Å²) in [5.74, 6) is -0.917. The number of carbonyl (C=O) groups excluding carboxylic acids is 2. The molecule has 0 aromatic carbocycles. The zero-order valence-electron chi connectivity index (χ0n) is 14.2. The fraction of sp³-hybridized carbons (Fsp3) is 0.824. The first-order valence-electron chi connectivity index (χ1n) is 8.68. The van der Waals surface area contributed by atoms with Gasteiger partial charge in [0.2, 0.25) is 11.8 Å². The normalized spacial score (nSPS) is 22.1. The lowest BCUT2D eigenvalue weighted by Gasteiger charge is -2.28. The second kappa shape index (κ2) is 7.79. The molecule has 2 rings (SSSR count). The highest BCUT2D eigenvalue weighted by Crippen LogP contribution is 2.30. The lowest BCUT2D eigenvalue weighted by molar-refractivity contribution is -0.140. The minimum Gasteiger partial charge on any atom is -0.481 e. The summed E-state index contributed by atoms with van der Waals surface area (Å²) in [6, 6.07) is 0.304. The predicted molar refractivity (Wildman–Crippen MR) is 85.7 cm³/mol. The Bertz CT molecular complexity index is 458. The Morgan fingerprint density at radius 3 is 2.52 bits per heavy atom. The number of likely N-dealkylation sites (tertiary alicyclic amines) is 1. The zero-order valence-corrected chi connectivity index (χ0v) is 14.2. The molecule has 2 amide bonds. The van der Waals surface area contributed by atoms with Crippen molar-refractivity contribution in [1.82, 2.24) is 9.80 Å². The van der Waals surface area contributed by atoms with Crippen molar-refractivity contribution in [2.24, 2.45) is 11.8 Å². The number of hydrogen-bond donors (Lipinski definition) is 1. The van der Waals surface area contributed by atoms with Gasteiger partial charge in [0.1, 0.15) is 0 Å². The molecule has 0 aromatic heterocycles. The fourth-order valence-corrected chi connectivity index (χ4v) is 3.69. The number of nitrogens with zero attached hydrogens (tertiary/aromatic N) is 2. The summed E-state index contributed by atoms with van der Waals surface area (Å²) < 4.78 is 0. The number of carbonyl (C=O) groups is 3. The topological polar surface area (TPSA) is 77.9 Å². The highest BCUT2D eigenvalue weighted by molar-refractivity contribution is 5.89. The van der Waals surface area contributed by atoms with Gasteiger partial charge in [-0.05, 0) is 18.8 Å². The average Bonchev–Trinajstić information content (AvgIpc) is 3.11. The summed E-state index contributed by atoms with van der Waals surface area (Å²) in [6.07, 6.45) is 4.63. The predicted octanol–water partition coefficient (Wildman–Crippen LogP) is 1.74. The quantitative estimate of drug-likeness (QED) is 0.774. The van der Waals surface area contributed by atoms with E-state index in [1.54, 1.807) is 4.90 Å². The maximum atomic E-state index is 12.8. The SMILES string of the molecule is CC(C)CN(CCC(=O)O)C(=O)C1CC(=O)N(C2CCCC2)C1. The van der Waals surface area contributed by atoms with E-state index < -0.39 is 5.97 Å². The van der Waals surface area contributed by atoms with Crippen molar-refractivity contribution in [3.8, 4) is 0 Å². The van der Waals surface area contributed by atoms with E-state index in [0.717, 1.165) is 25.7 Å². The molecule has 2 fully saturated rings. The molecule has 1 saturated carbocycles. The molecule has 130 valence electrons. The van der Waals surface area contributed by atoms with E-state index in [2.05, 4.69) is 0 Å². The first kappa shape index (κ1) is 17.8. The van der Waals surface area contributed by atoms with Gasteiger partial charge in [0.05, 0.1) is 12.3 Å². The van der Waals surface area contributed by atoms with Gasteiger partial charge in [0.15, 0.2) is 0 Å². The van der Waals surface area contributed by atoms with E-state index in [9.17, 15) is 14.4 Å². The van der Waals surface area contributed by atoms with Crippen LogP contribution in [0.1, 0.15) is 52.4 Å². The summed E-state index contributed by atoms with van der Waals surface area (Å²) >= 11 is 0. The Morgan fingerprint density at radius 2 is 1.96 bits per heavy atom. The van der Waals surface area contributed by atoms with Crippen LogP contribution < -0.4 is 0 Å². The van der Waals surface area contributed by atoms with Gasteiger partial charge in [-0.2, -0.15) is 0 Å². The molecule has 1 saturated heterocycles. The van der Waals surface area contributed by atoms with Gasteiger partial charge >= 0.3 is 5.97 Å². The minimum absolute atomic E-state index is 0.0501. The summed E-state index contributed by atoms with van der Waals surface area (Å²) in [6.45, 7) is 5.28. The van der Waals surface area contributed by atoms with Crippen molar-refractivity contribution < 1.29 is 19.5 Å². The van der Waals surface area contributed by atoms with Crippen LogP contribution in [0, 0.1) is 11.8 Å². The molecule has 6 nitrogen and oxygen atoms in total. The van der Waals surface area contributed by atoms with Crippen LogP contribution in [0.4, 0.5) is 0 Å². The maximum absolute atomic E-state index is 12.8. The zero-order chi connectivity index (χ0) is 17.0. The highest BCUT2D eigenvalue weighted by atomic mass is 16.4. The van der Waals surface area contributed by atoms with Crippen LogP contribution in [0.25, 0.3) is 0 Å². The van der Waals surface area contributed by atoms with E-state index in [1.165, 1.54) is 0 Å². The third-order valence-corrected chi connectivity index (χ3v) is 4.77. The number of carboxylic acid groups (broad SMARTS) is 1. The van der Waals surface area contributed by atoms with Crippen LogP contribution in [0.3, 0.4) is 0 Å². The third-order valence-electron chi connectivity index (χ3n) is 4.77. The lowest BCUT2D eigenvalue weighted by atomic mass is 10.1. The maximum Gasteiger partial charge on any atom is 0.305 e. The second-order valence-electron chi connectivity index (χ2n) is 7.21. The van der Waals surface area contributed by atoms with E-state index >= 15 is 0 Å². The molecule has 1 aliphatic heterocycles. The fourth-order valence-electron chi connectivity index (χ4n) is 3.69. The van der Waals surface area contributed by atoms with Gasteiger partial charge in [0.25, 0.3) is 0 Å². The molecular weight excluding hydrogens is 296 g/mol. The molecule has 0 radical (unpaired) electrons. The van der Waals surface area contributed by atoms with Gasteiger partial charge in [-0.3, -0.25) is 14.4 Å². The average molecular weight is 324 g/mol. The Balaban J connectivity index is 1.98. The highest BCUT2D eigenvalue weighted by Gasteiger charge is 2.40. The van der Waals surface area contributed by atoms with Crippen molar-refractivity contribution in [1.29, 1.82) is 0 Å². The van der Waals surface area contributed by atoms with Gasteiger partial charge in [0, 0.05) is 32.1 Å². The molecule has 0 aromatic rings. The molecule has 1 unspecified atom stereocenters. The smallest absolute Gasteiger partial charge is 0.305 e. The van der Waals surface area contributed by atoms with Gasteiger partial charge < -0.3 is 14.9 Å². The monoisotopic (exact) mass is 324 g/mol. The van der Waals surface area contributed by atoms with Crippen molar-refractivity contribution >= 4 is 17.8 Å². The largest absolute Gasteiger partial charge is 0.481 e. The summed E-state index contributed by atoms with van der Waals surface area (Å²) in [4.78, 5) is 39.3.